The molecule has 1 amide bonds. The summed E-state index contributed by atoms with van der Waals surface area (Å²) in [6, 6.07) is 19.0. The van der Waals surface area contributed by atoms with E-state index < -0.39 is 0 Å². The zero-order valence-electron chi connectivity index (χ0n) is 18.5. The Balaban J connectivity index is 1.49. The Labute approximate surface area is 209 Å². The van der Waals surface area contributed by atoms with Crippen molar-refractivity contribution < 1.29 is 9.53 Å². The van der Waals surface area contributed by atoms with Gasteiger partial charge in [-0.15, -0.1) is 10.2 Å². The fraction of sp³-hybridized carbons (Fsp3) is 0.125. The van der Waals surface area contributed by atoms with Crippen LogP contribution in [0, 0.1) is 0 Å². The minimum absolute atomic E-state index is 0.129. The molecule has 4 aromatic rings. The lowest BCUT2D eigenvalue weighted by Crippen LogP contribution is -2.21. The van der Waals surface area contributed by atoms with Crippen molar-refractivity contribution in [3.8, 4) is 22.8 Å². The first-order chi connectivity index (χ1) is 16.5. The number of amides is 1. The molecule has 2 aromatic heterocycles. The van der Waals surface area contributed by atoms with Crippen molar-refractivity contribution in [3.05, 3.63) is 83.1 Å². The summed E-state index contributed by atoms with van der Waals surface area (Å²) in [4.78, 5) is 16.6. The Morgan fingerprint density at radius 2 is 1.76 bits per heavy atom. The molecule has 2 aromatic carbocycles. The van der Waals surface area contributed by atoms with E-state index in [0.717, 1.165) is 27.0 Å². The van der Waals surface area contributed by atoms with Crippen LogP contribution in [0.25, 0.3) is 17.1 Å². The first kappa shape index (κ1) is 23.7. The molecule has 4 rings (SSSR count). The highest BCUT2D eigenvalue weighted by molar-refractivity contribution is 9.10. The molecule has 0 radical (unpaired) electrons. The van der Waals surface area contributed by atoms with Crippen LogP contribution in [0.5, 0.6) is 5.75 Å². The molecule has 0 saturated heterocycles. The maximum atomic E-state index is 12.5. The average molecular weight is 537 g/mol. The highest BCUT2D eigenvalue weighted by atomic mass is 79.9. The molecule has 0 unspecified atom stereocenters. The van der Waals surface area contributed by atoms with Crippen LogP contribution < -0.4 is 10.2 Å². The fourth-order valence-electron chi connectivity index (χ4n) is 3.08. The van der Waals surface area contributed by atoms with Crippen LogP contribution in [0.3, 0.4) is 0 Å². The number of carbonyl (C=O) groups excluding carboxylic acids is 1. The van der Waals surface area contributed by atoms with Crippen molar-refractivity contribution >= 4 is 39.3 Å². The second-order valence-corrected chi connectivity index (χ2v) is 8.96. The predicted octanol–water partition coefficient (Wildman–Crippen LogP) is 4.73. The maximum Gasteiger partial charge on any atom is 0.250 e. The number of carbonyl (C=O) groups is 1. The minimum Gasteiger partial charge on any atom is -0.497 e. The van der Waals surface area contributed by atoms with E-state index in [1.807, 2.05) is 72.2 Å². The first-order valence-corrected chi connectivity index (χ1v) is 12.0. The number of pyridine rings is 1. The molecular weight excluding hydrogens is 516 g/mol. The van der Waals surface area contributed by atoms with E-state index in [4.69, 9.17) is 4.74 Å². The minimum atomic E-state index is -0.242. The Kier molecular flexibility index (Phi) is 7.71. The van der Waals surface area contributed by atoms with Gasteiger partial charge in [-0.3, -0.25) is 14.3 Å². The molecule has 2 heterocycles. The summed E-state index contributed by atoms with van der Waals surface area (Å²) in [7, 11) is 1.62. The van der Waals surface area contributed by atoms with Gasteiger partial charge in [0.1, 0.15) is 5.75 Å². The second kappa shape index (κ2) is 11.1. The molecule has 0 fully saturated rings. The van der Waals surface area contributed by atoms with Crippen molar-refractivity contribution in [3.63, 3.8) is 0 Å². The Hall–Kier alpha value is -3.50. The van der Waals surface area contributed by atoms with Crippen molar-refractivity contribution in [2.75, 3.05) is 12.9 Å². The third-order valence-corrected chi connectivity index (χ3v) is 6.30. The average Bonchev–Trinajstić information content (AvgIpc) is 3.31. The molecule has 0 aliphatic heterocycles. The van der Waals surface area contributed by atoms with Crippen molar-refractivity contribution in [1.82, 2.24) is 25.2 Å². The maximum absolute atomic E-state index is 12.5. The largest absolute Gasteiger partial charge is 0.497 e. The lowest BCUT2D eigenvalue weighted by atomic mass is 10.1. The molecule has 0 spiro atoms. The van der Waals surface area contributed by atoms with E-state index in [0.29, 0.717) is 16.7 Å². The standard InChI is InChI=1S/C24H21BrN6O2S/c1-16(17-3-9-21(33-2)10-4-17)27-28-22(32)15-34-24-30-29-23(18-11-13-26-14-12-18)31(24)20-7-5-19(25)6-8-20/h3-14H,15H2,1-2H3,(H,28,32)/b27-16-. The van der Waals surface area contributed by atoms with E-state index in [2.05, 4.69) is 41.6 Å². The molecule has 0 saturated carbocycles. The smallest absolute Gasteiger partial charge is 0.250 e. The van der Waals surface area contributed by atoms with E-state index in [1.165, 1.54) is 11.8 Å². The molecule has 0 aliphatic rings. The highest BCUT2D eigenvalue weighted by Gasteiger charge is 2.17. The monoisotopic (exact) mass is 536 g/mol. The number of nitrogens with zero attached hydrogens (tertiary/aromatic N) is 5. The van der Waals surface area contributed by atoms with Crippen LogP contribution in [-0.4, -0.2) is 44.2 Å². The van der Waals surface area contributed by atoms with Crippen LogP contribution in [0.2, 0.25) is 0 Å². The number of aromatic nitrogens is 4. The number of hydrazone groups is 1. The number of ether oxygens (including phenoxy) is 1. The van der Waals surface area contributed by atoms with Crippen molar-refractivity contribution in [1.29, 1.82) is 0 Å². The van der Waals surface area contributed by atoms with Gasteiger partial charge in [-0.1, -0.05) is 27.7 Å². The molecule has 172 valence electrons. The fourth-order valence-corrected chi connectivity index (χ4v) is 4.09. The van der Waals surface area contributed by atoms with Gasteiger partial charge in [0.15, 0.2) is 11.0 Å². The van der Waals surface area contributed by atoms with E-state index in [1.54, 1.807) is 19.5 Å². The molecule has 1 N–H and O–H groups in total. The van der Waals surface area contributed by atoms with E-state index in [9.17, 15) is 4.79 Å². The van der Waals surface area contributed by atoms with E-state index >= 15 is 0 Å². The summed E-state index contributed by atoms with van der Waals surface area (Å²) in [5, 5.41) is 13.5. The summed E-state index contributed by atoms with van der Waals surface area (Å²) in [6.45, 7) is 1.83. The number of hydrogen-bond donors (Lipinski definition) is 1. The number of methoxy groups -OCH3 is 1. The normalized spacial score (nSPS) is 11.3. The molecule has 0 atom stereocenters. The van der Waals surface area contributed by atoms with Crippen LogP contribution in [0.4, 0.5) is 0 Å². The molecular formula is C24H21BrN6O2S. The molecule has 0 aliphatic carbocycles. The van der Waals surface area contributed by atoms with Gasteiger partial charge in [0.05, 0.1) is 18.6 Å². The molecule has 8 nitrogen and oxygen atoms in total. The van der Waals surface area contributed by atoms with Gasteiger partial charge in [0.25, 0.3) is 5.91 Å². The second-order valence-electron chi connectivity index (χ2n) is 7.10. The zero-order chi connectivity index (χ0) is 23.9. The summed E-state index contributed by atoms with van der Waals surface area (Å²) in [5.74, 6) is 1.32. The summed E-state index contributed by atoms with van der Waals surface area (Å²) >= 11 is 4.75. The Bertz CT molecular complexity index is 1290. The van der Waals surface area contributed by atoms with Gasteiger partial charge < -0.3 is 4.74 Å². The summed E-state index contributed by atoms with van der Waals surface area (Å²) in [5.41, 5.74) is 5.96. The van der Waals surface area contributed by atoms with Crippen LogP contribution in [0.1, 0.15) is 12.5 Å². The lowest BCUT2D eigenvalue weighted by Gasteiger charge is -2.10. The highest BCUT2D eigenvalue weighted by Crippen LogP contribution is 2.28. The number of benzene rings is 2. The molecule has 0 bridgehead atoms. The third-order valence-electron chi connectivity index (χ3n) is 4.85. The lowest BCUT2D eigenvalue weighted by molar-refractivity contribution is -0.118. The van der Waals surface area contributed by atoms with Gasteiger partial charge >= 0.3 is 0 Å². The molecule has 34 heavy (non-hydrogen) atoms. The zero-order valence-corrected chi connectivity index (χ0v) is 20.9. The van der Waals surface area contributed by atoms with Gasteiger partial charge in [0.2, 0.25) is 0 Å². The van der Waals surface area contributed by atoms with Gasteiger partial charge in [-0.25, -0.2) is 5.43 Å². The third kappa shape index (κ3) is 5.70. The predicted molar refractivity (Wildman–Crippen MR) is 136 cm³/mol. The summed E-state index contributed by atoms with van der Waals surface area (Å²) < 4.78 is 8.06. The number of rotatable bonds is 8. The van der Waals surface area contributed by atoms with Gasteiger partial charge in [-0.2, -0.15) is 5.10 Å². The number of nitrogens with one attached hydrogen (secondary N) is 1. The van der Waals surface area contributed by atoms with Crippen molar-refractivity contribution in [2.24, 2.45) is 5.10 Å². The van der Waals surface area contributed by atoms with Crippen LogP contribution in [-0.2, 0) is 4.79 Å². The van der Waals surface area contributed by atoms with Gasteiger partial charge in [0, 0.05) is 28.1 Å². The molecule has 10 heteroatoms. The summed E-state index contributed by atoms with van der Waals surface area (Å²) in [6.07, 6.45) is 3.42. The first-order valence-electron chi connectivity index (χ1n) is 10.3. The van der Waals surface area contributed by atoms with Crippen LogP contribution >= 0.6 is 27.7 Å². The number of thioether (sulfide) groups is 1. The van der Waals surface area contributed by atoms with Crippen molar-refractivity contribution in [2.45, 2.75) is 12.1 Å². The quantitative estimate of drug-likeness (QED) is 0.198. The number of hydrogen-bond acceptors (Lipinski definition) is 7. The Morgan fingerprint density at radius 1 is 1.06 bits per heavy atom. The Morgan fingerprint density at radius 3 is 2.44 bits per heavy atom. The topological polar surface area (TPSA) is 94.3 Å². The van der Waals surface area contributed by atoms with E-state index in [-0.39, 0.29) is 11.7 Å². The van der Waals surface area contributed by atoms with Gasteiger partial charge in [-0.05, 0) is 73.2 Å². The van der Waals surface area contributed by atoms with Crippen LogP contribution in [0.15, 0.2) is 87.8 Å². The SMILES string of the molecule is COc1ccc(/C(C)=N\NC(=O)CSc2nnc(-c3ccncc3)n2-c2ccc(Br)cc2)cc1. The number of halogens is 1.